The molecule has 0 bridgehead atoms. The number of sulfone groups is 1. The summed E-state index contributed by atoms with van der Waals surface area (Å²) >= 11 is 0. The van der Waals surface area contributed by atoms with Crippen LogP contribution in [0.1, 0.15) is 41.1 Å². The maximum absolute atomic E-state index is 13.3. The fraction of sp³-hybridized carbons (Fsp3) is 0.393. The van der Waals surface area contributed by atoms with E-state index in [1.807, 2.05) is 18.2 Å². The number of carbonyl (C=O) groups is 2. The lowest BCUT2D eigenvalue weighted by Crippen LogP contribution is -2.53. The van der Waals surface area contributed by atoms with E-state index in [1.54, 1.807) is 41.3 Å². The first-order valence-electron chi connectivity index (χ1n) is 13.2. The topological polar surface area (TPSA) is 113 Å². The number of hydrogen-bond donors (Lipinski definition) is 2. The highest BCUT2D eigenvalue weighted by Gasteiger charge is 2.38. The van der Waals surface area contributed by atoms with Crippen LogP contribution in [0.15, 0.2) is 67.0 Å². The number of benzene rings is 2. The van der Waals surface area contributed by atoms with E-state index < -0.39 is 15.9 Å². The van der Waals surface area contributed by atoms with Gasteiger partial charge < -0.3 is 15.5 Å². The molecule has 2 N–H and O–H groups in total. The fourth-order valence-corrected chi connectivity index (χ4v) is 6.13. The number of aromatic nitrogens is 2. The maximum atomic E-state index is 13.3. The van der Waals surface area contributed by atoms with Gasteiger partial charge in [0.15, 0.2) is 9.84 Å². The summed E-state index contributed by atoms with van der Waals surface area (Å²) in [4.78, 5) is 28.0. The van der Waals surface area contributed by atoms with Crippen LogP contribution in [0.25, 0.3) is 5.69 Å². The summed E-state index contributed by atoms with van der Waals surface area (Å²) in [6, 6.07) is 14.9. The van der Waals surface area contributed by atoms with Gasteiger partial charge in [-0.1, -0.05) is 12.1 Å². The van der Waals surface area contributed by atoms with Gasteiger partial charge in [0.2, 0.25) is 5.91 Å². The van der Waals surface area contributed by atoms with Gasteiger partial charge in [-0.15, -0.1) is 0 Å². The lowest BCUT2D eigenvalue weighted by Gasteiger charge is -2.30. The van der Waals surface area contributed by atoms with Crippen molar-refractivity contribution in [3.8, 4) is 5.69 Å². The molecule has 1 aliphatic carbocycles. The van der Waals surface area contributed by atoms with Crippen molar-refractivity contribution in [3.63, 3.8) is 0 Å². The molecule has 11 heteroatoms. The van der Waals surface area contributed by atoms with E-state index >= 15 is 0 Å². The third-order valence-corrected chi connectivity index (χ3v) is 8.93. The molecule has 0 spiro atoms. The Kier molecular flexibility index (Phi) is 8.08. The second kappa shape index (κ2) is 11.7. The van der Waals surface area contributed by atoms with Crippen LogP contribution in [0.2, 0.25) is 0 Å². The molecule has 2 fully saturated rings. The molecule has 206 valence electrons. The molecular formula is C28H32FN5O4S. The molecule has 2 aromatic carbocycles. The van der Waals surface area contributed by atoms with Gasteiger partial charge in [0.25, 0.3) is 5.91 Å². The maximum Gasteiger partial charge on any atom is 0.251 e. The van der Waals surface area contributed by atoms with Crippen molar-refractivity contribution in [3.05, 3.63) is 83.9 Å². The van der Waals surface area contributed by atoms with Crippen LogP contribution in [0.5, 0.6) is 0 Å². The molecule has 0 unspecified atom stereocenters. The Morgan fingerprint density at radius 1 is 1.05 bits per heavy atom. The van der Waals surface area contributed by atoms with Gasteiger partial charge in [-0.05, 0) is 73.8 Å². The summed E-state index contributed by atoms with van der Waals surface area (Å²) in [6.07, 6.45) is 5.51. The van der Waals surface area contributed by atoms with Crippen LogP contribution in [-0.2, 0) is 14.6 Å². The number of rotatable bonds is 10. The molecule has 1 aromatic heterocycles. The minimum atomic E-state index is -3.14. The second-order valence-corrected chi connectivity index (χ2v) is 12.4. The third kappa shape index (κ3) is 6.90. The van der Waals surface area contributed by atoms with E-state index in [1.165, 1.54) is 17.0 Å². The SMILES string of the molecule is O=C(N[C@@H](CCCN[C@@H]1C[C@H]1c1ccc(F)cc1)C(=O)N1CCS(=O)(=O)CC1)c1ccc(-n2cccn2)cc1. The zero-order chi connectivity index (χ0) is 27.4. The number of nitrogens with one attached hydrogen (secondary N) is 2. The Hall–Kier alpha value is -3.57. The molecule has 0 radical (unpaired) electrons. The van der Waals surface area contributed by atoms with E-state index in [-0.39, 0.29) is 42.2 Å². The van der Waals surface area contributed by atoms with Gasteiger partial charge in [0.1, 0.15) is 11.9 Å². The monoisotopic (exact) mass is 553 g/mol. The van der Waals surface area contributed by atoms with Gasteiger partial charge in [-0.3, -0.25) is 9.59 Å². The Morgan fingerprint density at radius 3 is 2.44 bits per heavy atom. The van der Waals surface area contributed by atoms with Crippen LogP contribution in [0.4, 0.5) is 4.39 Å². The van der Waals surface area contributed by atoms with Crippen LogP contribution in [-0.4, -0.2) is 78.1 Å². The number of halogens is 1. The first kappa shape index (κ1) is 27.0. The molecule has 1 aliphatic heterocycles. The highest BCUT2D eigenvalue weighted by atomic mass is 32.2. The first-order valence-corrected chi connectivity index (χ1v) is 15.0. The Morgan fingerprint density at radius 2 is 1.77 bits per heavy atom. The zero-order valence-corrected chi connectivity index (χ0v) is 22.3. The molecule has 9 nitrogen and oxygen atoms in total. The van der Waals surface area contributed by atoms with Gasteiger partial charge in [-0.25, -0.2) is 17.5 Å². The predicted octanol–water partition coefficient (Wildman–Crippen LogP) is 2.29. The van der Waals surface area contributed by atoms with E-state index in [4.69, 9.17) is 0 Å². The number of hydrogen-bond acceptors (Lipinski definition) is 6. The van der Waals surface area contributed by atoms with Gasteiger partial charge in [0.05, 0.1) is 17.2 Å². The Labute approximate surface area is 227 Å². The van der Waals surface area contributed by atoms with Crippen molar-refractivity contribution in [2.75, 3.05) is 31.1 Å². The highest BCUT2D eigenvalue weighted by molar-refractivity contribution is 7.91. The fourth-order valence-electron chi connectivity index (χ4n) is 4.93. The van der Waals surface area contributed by atoms with Crippen LogP contribution in [0, 0.1) is 5.82 Å². The molecular weight excluding hydrogens is 521 g/mol. The van der Waals surface area contributed by atoms with E-state index in [9.17, 15) is 22.4 Å². The van der Waals surface area contributed by atoms with E-state index in [0.717, 1.165) is 17.7 Å². The first-order chi connectivity index (χ1) is 18.8. The quantitative estimate of drug-likeness (QED) is 0.373. The van der Waals surface area contributed by atoms with Crippen LogP contribution < -0.4 is 10.6 Å². The minimum absolute atomic E-state index is 0.0672. The molecule has 1 saturated heterocycles. The minimum Gasteiger partial charge on any atom is -0.340 e. The van der Waals surface area contributed by atoms with Gasteiger partial charge in [0, 0.05) is 43.0 Å². The molecule has 3 aromatic rings. The smallest absolute Gasteiger partial charge is 0.251 e. The summed E-state index contributed by atoms with van der Waals surface area (Å²) in [5, 5.41) is 10.6. The molecule has 5 rings (SSSR count). The molecule has 1 saturated carbocycles. The second-order valence-electron chi connectivity index (χ2n) is 10.1. The van der Waals surface area contributed by atoms with Crippen molar-refractivity contribution in [2.24, 2.45) is 0 Å². The largest absolute Gasteiger partial charge is 0.340 e. The van der Waals surface area contributed by atoms with Crippen molar-refractivity contribution in [1.29, 1.82) is 0 Å². The summed E-state index contributed by atoms with van der Waals surface area (Å²) in [7, 11) is -3.14. The summed E-state index contributed by atoms with van der Waals surface area (Å²) < 4.78 is 38.6. The molecule has 39 heavy (non-hydrogen) atoms. The van der Waals surface area contributed by atoms with Crippen molar-refractivity contribution in [2.45, 2.75) is 37.3 Å². The average Bonchev–Trinajstić information content (AvgIpc) is 3.49. The third-order valence-electron chi connectivity index (χ3n) is 7.32. The van der Waals surface area contributed by atoms with Crippen molar-refractivity contribution < 1.29 is 22.4 Å². The van der Waals surface area contributed by atoms with Gasteiger partial charge in [-0.2, -0.15) is 5.10 Å². The van der Waals surface area contributed by atoms with Crippen LogP contribution in [0.3, 0.4) is 0 Å². The molecule has 2 heterocycles. The van der Waals surface area contributed by atoms with Crippen LogP contribution >= 0.6 is 0 Å². The Bertz CT molecular complexity index is 1380. The zero-order valence-electron chi connectivity index (χ0n) is 21.5. The van der Waals surface area contributed by atoms with Crippen molar-refractivity contribution in [1.82, 2.24) is 25.3 Å². The lowest BCUT2D eigenvalue weighted by molar-refractivity contribution is -0.133. The number of amides is 2. The van der Waals surface area contributed by atoms with Crippen molar-refractivity contribution >= 4 is 21.7 Å². The van der Waals surface area contributed by atoms with E-state index in [2.05, 4.69) is 15.7 Å². The molecule has 2 aliphatic rings. The molecule has 3 atom stereocenters. The molecule has 2 amide bonds. The van der Waals surface area contributed by atoms with Gasteiger partial charge >= 0.3 is 0 Å². The normalized spacial score (nSPS) is 20.8. The Balaban J connectivity index is 1.18. The number of carbonyl (C=O) groups excluding carboxylic acids is 2. The predicted molar refractivity (Wildman–Crippen MR) is 145 cm³/mol. The average molecular weight is 554 g/mol. The number of nitrogens with zero attached hydrogens (tertiary/aromatic N) is 3. The highest BCUT2D eigenvalue weighted by Crippen LogP contribution is 2.40. The summed E-state index contributed by atoms with van der Waals surface area (Å²) in [6.45, 7) is 0.923. The summed E-state index contributed by atoms with van der Waals surface area (Å²) in [5.74, 6) is -0.659. The standard InChI is InChI=1S/C28H32FN5O4S/c29-22-8-4-20(5-9-22)24-19-26(24)30-12-1-3-25(28(36)33-15-17-39(37,38)18-16-33)32-27(35)21-6-10-23(11-7-21)34-14-2-13-31-34/h2,4-11,13-14,24-26,30H,1,3,12,15-19H2,(H,32,35)/t24-,25-,26+/m0/s1. The lowest BCUT2D eigenvalue weighted by atomic mass is 10.1. The summed E-state index contributed by atoms with van der Waals surface area (Å²) in [5.41, 5.74) is 2.33. The van der Waals surface area contributed by atoms with E-state index in [0.29, 0.717) is 36.9 Å².